The summed E-state index contributed by atoms with van der Waals surface area (Å²) in [5.74, 6) is 0.802. The molecule has 1 unspecified atom stereocenters. The zero-order valence-corrected chi connectivity index (χ0v) is 10.5. The first-order valence-corrected chi connectivity index (χ1v) is 6.46. The van der Waals surface area contributed by atoms with E-state index < -0.39 is 0 Å². The summed E-state index contributed by atoms with van der Waals surface area (Å²) in [6.45, 7) is 3.13. The maximum Gasteiger partial charge on any atom is 0.172 e. The molecule has 2 aromatic rings. The van der Waals surface area contributed by atoms with Gasteiger partial charge >= 0.3 is 0 Å². The summed E-state index contributed by atoms with van der Waals surface area (Å²) >= 11 is 0. The molecule has 94 valence electrons. The number of fused-ring (bicyclic) bond motifs is 1. The van der Waals surface area contributed by atoms with Crippen molar-refractivity contribution in [2.75, 3.05) is 6.54 Å². The number of hydrogen-bond acceptors (Lipinski definition) is 4. The molecular formula is C13H17N5. The van der Waals surface area contributed by atoms with E-state index in [2.05, 4.69) is 27.3 Å². The van der Waals surface area contributed by atoms with Crippen LogP contribution in [0.15, 0.2) is 24.8 Å². The van der Waals surface area contributed by atoms with E-state index in [0.717, 1.165) is 18.8 Å². The van der Waals surface area contributed by atoms with Crippen molar-refractivity contribution in [2.45, 2.75) is 32.2 Å². The smallest absolute Gasteiger partial charge is 0.172 e. The summed E-state index contributed by atoms with van der Waals surface area (Å²) in [7, 11) is 0. The number of hydrogen-bond donors (Lipinski definition) is 1. The molecule has 0 amide bonds. The van der Waals surface area contributed by atoms with Gasteiger partial charge in [-0.2, -0.15) is 5.10 Å². The summed E-state index contributed by atoms with van der Waals surface area (Å²) in [4.78, 5) is 8.42. The second-order valence-corrected chi connectivity index (χ2v) is 4.52. The summed E-state index contributed by atoms with van der Waals surface area (Å²) in [6, 6.07) is 0.434. The Balaban J connectivity index is 2.00. The van der Waals surface area contributed by atoms with E-state index in [0.29, 0.717) is 6.04 Å². The lowest BCUT2D eigenvalue weighted by Gasteiger charge is -2.23. The molecule has 0 spiro atoms. The Morgan fingerprint density at radius 1 is 1.39 bits per heavy atom. The van der Waals surface area contributed by atoms with Gasteiger partial charge in [-0.15, -0.1) is 0 Å². The molecule has 0 saturated heterocycles. The van der Waals surface area contributed by atoms with Crippen molar-refractivity contribution in [1.29, 1.82) is 0 Å². The first-order valence-electron chi connectivity index (χ1n) is 6.46. The predicted octanol–water partition coefficient (Wildman–Crippen LogP) is 1.65. The Hall–Kier alpha value is -1.75. The topological polar surface area (TPSA) is 55.6 Å². The molecule has 2 aromatic heterocycles. The zero-order valence-electron chi connectivity index (χ0n) is 10.5. The average Bonchev–Trinajstić information content (AvgIpc) is 2.85. The largest absolute Gasteiger partial charge is 0.310 e. The molecule has 0 aliphatic heterocycles. The molecule has 18 heavy (non-hydrogen) atoms. The molecule has 5 heteroatoms. The van der Waals surface area contributed by atoms with Crippen molar-refractivity contribution in [2.24, 2.45) is 0 Å². The van der Waals surface area contributed by atoms with E-state index in [9.17, 15) is 0 Å². The van der Waals surface area contributed by atoms with Gasteiger partial charge in [0.05, 0.1) is 18.1 Å². The Labute approximate surface area is 106 Å². The van der Waals surface area contributed by atoms with Gasteiger partial charge < -0.3 is 5.32 Å². The predicted molar refractivity (Wildman–Crippen MR) is 68.5 cm³/mol. The van der Waals surface area contributed by atoms with Gasteiger partial charge in [0.15, 0.2) is 5.82 Å². The van der Waals surface area contributed by atoms with Crippen LogP contribution in [0.1, 0.15) is 37.1 Å². The van der Waals surface area contributed by atoms with E-state index in [1.165, 1.54) is 24.1 Å². The lowest BCUT2D eigenvalue weighted by molar-refractivity contribution is 0.466. The molecule has 1 aliphatic rings. The Kier molecular flexibility index (Phi) is 3.06. The fourth-order valence-electron chi connectivity index (χ4n) is 2.61. The van der Waals surface area contributed by atoms with Crippen molar-refractivity contribution < 1.29 is 0 Å². The molecule has 0 radical (unpaired) electrons. The molecule has 5 nitrogen and oxygen atoms in total. The maximum absolute atomic E-state index is 4.47. The SMILES string of the molecule is CCNC1CCCc2c1cnn2-c1cnccn1. The Bertz CT molecular complexity index is 519. The van der Waals surface area contributed by atoms with E-state index in [1.54, 1.807) is 18.6 Å². The highest BCUT2D eigenvalue weighted by atomic mass is 15.3. The van der Waals surface area contributed by atoms with Gasteiger partial charge in [-0.25, -0.2) is 9.67 Å². The minimum absolute atomic E-state index is 0.434. The number of rotatable bonds is 3. The van der Waals surface area contributed by atoms with Crippen molar-refractivity contribution in [3.8, 4) is 5.82 Å². The third-order valence-electron chi connectivity index (χ3n) is 3.40. The minimum atomic E-state index is 0.434. The molecule has 1 N–H and O–H groups in total. The highest BCUT2D eigenvalue weighted by molar-refractivity contribution is 5.31. The van der Waals surface area contributed by atoms with Crippen molar-refractivity contribution in [3.63, 3.8) is 0 Å². The first kappa shape index (κ1) is 11.3. The molecule has 3 rings (SSSR count). The molecule has 1 aliphatic carbocycles. The van der Waals surface area contributed by atoms with Gasteiger partial charge in [0, 0.05) is 24.0 Å². The van der Waals surface area contributed by atoms with Crippen LogP contribution >= 0.6 is 0 Å². The zero-order chi connectivity index (χ0) is 12.4. The normalized spacial score (nSPS) is 18.6. The molecule has 0 bridgehead atoms. The van der Waals surface area contributed by atoms with Gasteiger partial charge in [-0.1, -0.05) is 6.92 Å². The molecule has 0 aromatic carbocycles. The van der Waals surface area contributed by atoms with Crippen LogP contribution in [0.4, 0.5) is 0 Å². The van der Waals surface area contributed by atoms with Crippen LogP contribution in [0, 0.1) is 0 Å². The molecule has 1 atom stereocenters. The number of aromatic nitrogens is 4. The quantitative estimate of drug-likeness (QED) is 0.890. The van der Waals surface area contributed by atoms with Gasteiger partial charge in [0.2, 0.25) is 0 Å². The third-order valence-corrected chi connectivity index (χ3v) is 3.40. The van der Waals surface area contributed by atoms with Crippen LogP contribution < -0.4 is 5.32 Å². The highest BCUT2D eigenvalue weighted by Crippen LogP contribution is 2.30. The van der Waals surface area contributed by atoms with Crippen LogP contribution in [0.3, 0.4) is 0 Å². The van der Waals surface area contributed by atoms with E-state index in [-0.39, 0.29) is 0 Å². The van der Waals surface area contributed by atoms with Gasteiger partial charge in [0.1, 0.15) is 0 Å². The monoisotopic (exact) mass is 243 g/mol. The van der Waals surface area contributed by atoms with Gasteiger partial charge in [-0.3, -0.25) is 4.98 Å². The van der Waals surface area contributed by atoms with Crippen molar-refractivity contribution in [3.05, 3.63) is 36.0 Å². The summed E-state index contributed by atoms with van der Waals surface area (Å²) in [5.41, 5.74) is 2.58. The Morgan fingerprint density at radius 3 is 3.11 bits per heavy atom. The van der Waals surface area contributed by atoms with Gasteiger partial charge in [-0.05, 0) is 25.8 Å². The molecule has 2 heterocycles. The van der Waals surface area contributed by atoms with Crippen LogP contribution in [-0.2, 0) is 6.42 Å². The lowest BCUT2D eigenvalue weighted by Crippen LogP contribution is -2.25. The second-order valence-electron chi connectivity index (χ2n) is 4.52. The van der Waals surface area contributed by atoms with E-state index in [4.69, 9.17) is 0 Å². The standard InChI is InChI=1S/C13H17N5/c1-2-15-11-4-3-5-12-10(11)8-17-18(12)13-9-14-6-7-16-13/h6-9,11,15H,2-5H2,1H3. The van der Waals surface area contributed by atoms with Crippen molar-refractivity contribution >= 4 is 0 Å². The van der Waals surface area contributed by atoms with Gasteiger partial charge in [0.25, 0.3) is 0 Å². The number of nitrogens with one attached hydrogen (secondary N) is 1. The summed E-state index contributed by atoms with van der Waals surface area (Å²) in [6.07, 6.45) is 10.5. The van der Waals surface area contributed by atoms with Crippen molar-refractivity contribution in [1.82, 2.24) is 25.1 Å². The molecule has 0 saturated carbocycles. The number of nitrogens with zero attached hydrogens (tertiary/aromatic N) is 4. The second kappa shape index (κ2) is 4.86. The first-order chi connectivity index (χ1) is 8.90. The van der Waals surface area contributed by atoms with Crippen LogP contribution in [0.2, 0.25) is 0 Å². The van der Waals surface area contributed by atoms with Crippen LogP contribution in [0.25, 0.3) is 5.82 Å². The lowest BCUT2D eigenvalue weighted by atomic mass is 9.93. The van der Waals surface area contributed by atoms with E-state index in [1.807, 2.05) is 10.9 Å². The Morgan fingerprint density at radius 2 is 2.33 bits per heavy atom. The molecular weight excluding hydrogens is 226 g/mol. The van der Waals surface area contributed by atoms with Crippen LogP contribution in [0.5, 0.6) is 0 Å². The third kappa shape index (κ3) is 1.90. The summed E-state index contributed by atoms with van der Waals surface area (Å²) in [5, 5.41) is 7.99. The van der Waals surface area contributed by atoms with Crippen LogP contribution in [-0.4, -0.2) is 26.3 Å². The molecule has 0 fully saturated rings. The average molecular weight is 243 g/mol. The fourth-order valence-corrected chi connectivity index (χ4v) is 2.61. The van der Waals surface area contributed by atoms with E-state index >= 15 is 0 Å². The highest BCUT2D eigenvalue weighted by Gasteiger charge is 2.24. The fraction of sp³-hybridized carbons (Fsp3) is 0.462. The minimum Gasteiger partial charge on any atom is -0.310 e. The maximum atomic E-state index is 4.47. The summed E-state index contributed by atoms with van der Waals surface area (Å²) < 4.78 is 1.92.